The van der Waals surface area contributed by atoms with E-state index >= 15 is 0 Å². The summed E-state index contributed by atoms with van der Waals surface area (Å²) in [6, 6.07) is 18.9. The van der Waals surface area contributed by atoms with Gasteiger partial charge in [0.2, 0.25) is 0 Å². The van der Waals surface area contributed by atoms with E-state index in [2.05, 4.69) is 26.6 Å². The third-order valence-electron chi connectivity index (χ3n) is 3.94. The minimum absolute atomic E-state index is 0.101. The molecular weight excluding hydrogens is 452 g/mol. The van der Waals surface area contributed by atoms with Crippen LogP contribution in [0.25, 0.3) is 10.8 Å². The first-order valence-corrected chi connectivity index (χ1v) is 10.3. The molecule has 0 radical (unpaired) electrons. The molecule has 0 saturated heterocycles. The van der Waals surface area contributed by atoms with Gasteiger partial charge in [0.1, 0.15) is 11.5 Å². The molecule has 0 aliphatic heterocycles. The van der Waals surface area contributed by atoms with Crippen molar-refractivity contribution >= 4 is 55.6 Å². The molecule has 0 bridgehead atoms. The van der Waals surface area contributed by atoms with E-state index in [1.165, 1.54) is 0 Å². The predicted octanol–water partition coefficient (Wildman–Crippen LogP) is 5.28. The van der Waals surface area contributed by atoms with Crippen LogP contribution in [-0.4, -0.2) is 23.7 Å². The lowest BCUT2D eigenvalue weighted by atomic mass is 10.1. The van der Waals surface area contributed by atoms with E-state index in [0.29, 0.717) is 5.75 Å². The summed E-state index contributed by atoms with van der Waals surface area (Å²) in [5.74, 6) is 0.990. The van der Waals surface area contributed by atoms with E-state index in [9.17, 15) is 4.79 Å². The summed E-state index contributed by atoms with van der Waals surface area (Å²) >= 11 is 8.81. The van der Waals surface area contributed by atoms with Crippen molar-refractivity contribution < 1.29 is 14.3 Å². The molecule has 0 spiro atoms. The number of halogens is 1. The zero-order chi connectivity index (χ0) is 20.8. The fourth-order valence-electron chi connectivity index (χ4n) is 2.72. The van der Waals surface area contributed by atoms with E-state index in [0.717, 1.165) is 26.7 Å². The lowest BCUT2D eigenvalue weighted by molar-refractivity contribution is -0.121. The van der Waals surface area contributed by atoms with Gasteiger partial charge in [-0.25, -0.2) is 0 Å². The lowest BCUT2D eigenvalue weighted by Gasteiger charge is -2.13. The summed E-state index contributed by atoms with van der Waals surface area (Å²) in [6.45, 7) is 3.78. The normalized spacial score (nSPS) is 10.6. The molecule has 0 aliphatic carbocycles. The Kier molecular flexibility index (Phi) is 7.06. The number of fused-ring (bicyclic) bond motifs is 1. The lowest BCUT2D eigenvalue weighted by Crippen LogP contribution is -2.37. The van der Waals surface area contributed by atoms with Crippen LogP contribution in [0.15, 0.2) is 65.1 Å². The highest BCUT2D eigenvalue weighted by atomic mass is 79.9. The molecule has 0 heterocycles. The van der Waals surface area contributed by atoms with Crippen molar-refractivity contribution in [2.75, 3.05) is 11.9 Å². The number of carbonyl (C=O) groups is 1. The molecule has 29 heavy (non-hydrogen) atoms. The average Bonchev–Trinajstić information content (AvgIpc) is 2.69. The predicted molar refractivity (Wildman–Crippen MR) is 124 cm³/mol. The third kappa shape index (κ3) is 5.92. The monoisotopic (exact) mass is 472 g/mol. The molecule has 3 rings (SSSR count). The van der Waals surface area contributed by atoms with Crippen molar-refractivity contribution in [3.8, 4) is 11.5 Å². The maximum atomic E-state index is 12.2. The number of ether oxygens (including phenoxy) is 2. The number of anilines is 1. The van der Waals surface area contributed by atoms with Crippen molar-refractivity contribution in [3.63, 3.8) is 0 Å². The van der Waals surface area contributed by atoms with Crippen LogP contribution in [0.3, 0.4) is 0 Å². The smallest absolute Gasteiger partial charge is 0.264 e. The summed E-state index contributed by atoms with van der Waals surface area (Å²) < 4.78 is 12.1. The number of thiocarbonyl (C=S) groups is 1. The Morgan fingerprint density at radius 1 is 1.00 bits per heavy atom. The summed E-state index contributed by atoms with van der Waals surface area (Å²) in [5.41, 5.74) is 0.816. The van der Waals surface area contributed by atoms with E-state index in [4.69, 9.17) is 21.7 Å². The SMILES string of the molecule is CC(C)Oc1ccc(OCC(=O)NC(=S)Nc2ccc(Br)c3ccccc23)cc1. The van der Waals surface area contributed by atoms with Gasteiger partial charge in [-0.3, -0.25) is 10.1 Å². The minimum Gasteiger partial charge on any atom is -0.491 e. The van der Waals surface area contributed by atoms with Crippen molar-refractivity contribution in [3.05, 3.63) is 65.1 Å². The van der Waals surface area contributed by atoms with Gasteiger partial charge in [0.15, 0.2) is 11.7 Å². The van der Waals surface area contributed by atoms with Gasteiger partial charge < -0.3 is 14.8 Å². The second-order valence-corrected chi connectivity index (χ2v) is 7.83. The first-order valence-electron chi connectivity index (χ1n) is 9.10. The topological polar surface area (TPSA) is 59.6 Å². The number of nitrogens with one attached hydrogen (secondary N) is 2. The van der Waals surface area contributed by atoms with E-state index < -0.39 is 0 Å². The first kappa shape index (κ1) is 21.1. The molecular formula is C22H21BrN2O3S. The van der Waals surface area contributed by atoms with Gasteiger partial charge in [-0.1, -0.05) is 40.2 Å². The molecule has 150 valence electrons. The van der Waals surface area contributed by atoms with Crippen molar-refractivity contribution in [2.24, 2.45) is 0 Å². The van der Waals surface area contributed by atoms with E-state index in [-0.39, 0.29) is 23.7 Å². The highest BCUT2D eigenvalue weighted by Gasteiger charge is 2.09. The number of carbonyl (C=O) groups excluding carboxylic acids is 1. The first-order chi connectivity index (χ1) is 13.9. The van der Waals surface area contributed by atoms with Crippen LogP contribution < -0.4 is 20.1 Å². The van der Waals surface area contributed by atoms with Crippen LogP contribution in [0.2, 0.25) is 0 Å². The van der Waals surface area contributed by atoms with Gasteiger partial charge in [0, 0.05) is 15.5 Å². The Morgan fingerprint density at radius 2 is 1.66 bits per heavy atom. The summed E-state index contributed by atoms with van der Waals surface area (Å²) in [5, 5.41) is 7.98. The second-order valence-electron chi connectivity index (χ2n) is 6.57. The average molecular weight is 473 g/mol. The zero-order valence-corrected chi connectivity index (χ0v) is 18.5. The number of benzene rings is 3. The molecule has 0 aromatic heterocycles. The molecule has 5 nitrogen and oxygen atoms in total. The highest BCUT2D eigenvalue weighted by molar-refractivity contribution is 9.10. The molecule has 0 aliphatic rings. The van der Waals surface area contributed by atoms with Gasteiger partial charge in [0.25, 0.3) is 5.91 Å². The largest absolute Gasteiger partial charge is 0.491 e. The van der Waals surface area contributed by atoms with Crippen LogP contribution in [0, 0.1) is 0 Å². The van der Waals surface area contributed by atoms with Crippen LogP contribution in [0.5, 0.6) is 11.5 Å². The molecule has 0 atom stereocenters. The number of hydrogen-bond donors (Lipinski definition) is 2. The zero-order valence-electron chi connectivity index (χ0n) is 16.1. The standard InChI is InChI=1S/C22H21BrN2O3S/c1-14(2)28-16-9-7-15(8-10-16)27-13-21(26)25-22(29)24-20-12-11-19(23)17-5-3-4-6-18(17)20/h3-12,14H,13H2,1-2H3,(H2,24,25,26,29). The van der Waals surface area contributed by atoms with Crippen molar-refractivity contribution in [2.45, 2.75) is 20.0 Å². The Morgan fingerprint density at radius 3 is 2.34 bits per heavy atom. The highest BCUT2D eigenvalue weighted by Crippen LogP contribution is 2.29. The summed E-state index contributed by atoms with van der Waals surface area (Å²) in [7, 11) is 0. The third-order valence-corrected chi connectivity index (χ3v) is 4.83. The fraction of sp³-hybridized carbons (Fsp3) is 0.182. The van der Waals surface area contributed by atoms with Gasteiger partial charge in [-0.2, -0.15) is 0 Å². The van der Waals surface area contributed by atoms with Gasteiger partial charge in [0.05, 0.1) is 6.10 Å². The van der Waals surface area contributed by atoms with Crippen LogP contribution in [0.1, 0.15) is 13.8 Å². The Bertz CT molecular complexity index is 1020. The second kappa shape index (κ2) is 9.71. The van der Waals surface area contributed by atoms with Gasteiger partial charge in [-0.05, 0) is 67.8 Å². The molecule has 0 fully saturated rings. The van der Waals surface area contributed by atoms with E-state index in [1.54, 1.807) is 24.3 Å². The Balaban J connectivity index is 1.53. The quantitative estimate of drug-likeness (QED) is 0.477. The Hall–Kier alpha value is -2.64. The molecule has 0 unspecified atom stereocenters. The number of rotatable bonds is 6. The maximum Gasteiger partial charge on any atom is 0.264 e. The molecule has 3 aromatic rings. The minimum atomic E-state index is -0.341. The number of hydrogen-bond acceptors (Lipinski definition) is 4. The summed E-state index contributed by atoms with van der Waals surface area (Å²) in [6.07, 6.45) is 0.101. The molecule has 7 heteroatoms. The van der Waals surface area contributed by atoms with Gasteiger partial charge >= 0.3 is 0 Å². The molecule has 0 saturated carbocycles. The van der Waals surface area contributed by atoms with Crippen molar-refractivity contribution in [1.82, 2.24) is 5.32 Å². The van der Waals surface area contributed by atoms with Crippen molar-refractivity contribution in [1.29, 1.82) is 0 Å². The molecule has 3 aromatic carbocycles. The summed E-state index contributed by atoms with van der Waals surface area (Å²) in [4.78, 5) is 12.2. The van der Waals surface area contributed by atoms with Gasteiger partial charge in [-0.15, -0.1) is 0 Å². The molecule has 1 amide bonds. The molecule has 2 N–H and O–H groups in total. The van der Waals surface area contributed by atoms with Crippen LogP contribution in [0.4, 0.5) is 5.69 Å². The van der Waals surface area contributed by atoms with Crippen LogP contribution in [-0.2, 0) is 4.79 Å². The number of amides is 1. The maximum absolute atomic E-state index is 12.2. The fourth-order valence-corrected chi connectivity index (χ4v) is 3.42. The Labute approximate surface area is 183 Å². The van der Waals surface area contributed by atoms with E-state index in [1.807, 2.05) is 50.2 Å². The van der Waals surface area contributed by atoms with Crippen LogP contribution >= 0.6 is 28.1 Å².